The van der Waals surface area contributed by atoms with Gasteiger partial charge >= 0.3 is 0 Å². The number of carbonyl (C=O) groups is 1. The Labute approximate surface area is 111 Å². The first-order valence-electron chi connectivity index (χ1n) is 5.96. The molecule has 0 saturated heterocycles. The molecule has 0 bridgehead atoms. The van der Waals surface area contributed by atoms with E-state index in [1.165, 1.54) is 12.1 Å². The molecule has 2 aromatic carbocycles. The third-order valence-corrected chi connectivity index (χ3v) is 2.70. The second kappa shape index (κ2) is 5.96. The van der Waals surface area contributed by atoms with Gasteiger partial charge < -0.3 is 5.32 Å². The van der Waals surface area contributed by atoms with E-state index in [4.69, 9.17) is 0 Å². The van der Waals surface area contributed by atoms with Crippen LogP contribution >= 0.6 is 0 Å². The highest BCUT2D eigenvalue weighted by atomic mass is 19.1. The van der Waals surface area contributed by atoms with Crippen molar-refractivity contribution < 1.29 is 9.18 Å². The molecule has 19 heavy (non-hydrogen) atoms. The van der Waals surface area contributed by atoms with Gasteiger partial charge in [-0.25, -0.2) is 4.39 Å². The predicted octanol–water partition coefficient (Wildman–Crippen LogP) is 3.79. The van der Waals surface area contributed by atoms with Gasteiger partial charge in [-0.05, 0) is 30.2 Å². The van der Waals surface area contributed by atoms with Crippen LogP contribution in [0.2, 0.25) is 0 Å². The van der Waals surface area contributed by atoms with Gasteiger partial charge in [-0.15, -0.1) is 0 Å². The molecule has 0 aliphatic rings. The summed E-state index contributed by atoms with van der Waals surface area (Å²) in [5.41, 5.74) is 1.84. The average Bonchev–Trinajstić information content (AvgIpc) is 2.42. The van der Waals surface area contributed by atoms with Crippen molar-refractivity contribution in [3.8, 4) is 0 Å². The lowest BCUT2D eigenvalue weighted by atomic mass is 10.2. The Morgan fingerprint density at radius 2 is 1.84 bits per heavy atom. The minimum atomic E-state index is -0.429. The second-order valence-corrected chi connectivity index (χ2v) is 4.17. The van der Waals surface area contributed by atoms with Gasteiger partial charge in [0.2, 0.25) is 5.91 Å². The number of nitrogens with one attached hydrogen (secondary N) is 1. The van der Waals surface area contributed by atoms with Crippen LogP contribution in [0.15, 0.2) is 54.6 Å². The minimum Gasteiger partial charge on any atom is -0.320 e. The molecule has 2 rings (SSSR count). The van der Waals surface area contributed by atoms with Crippen molar-refractivity contribution in [3.05, 3.63) is 71.6 Å². The number of amides is 1. The fraction of sp³-hybridized carbons (Fsp3) is 0.0625. The van der Waals surface area contributed by atoms with Crippen molar-refractivity contribution >= 4 is 17.7 Å². The number of benzene rings is 2. The highest BCUT2D eigenvalue weighted by Gasteiger charge is 2.06. The fourth-order valence-electron chi connectivity index (χ4n) is 1.69. The number of hydrogen-bond acceptors (Lipinski definition) is 1. The van der Waals surface area contributed by atoms with E-state index in [1.807, 2.05) is 30.3 Å². The zero-order valence-corrected chi connectivity index (χ0v) is 10.6. The number of rotatable bonds is 3. The smallest absolute Gasteiger partial charge is 0.248 e. The maximum atomic E-state index is 13.5. The summed E-state index contributed by atoms with van der Waals surface area (Å²) in [5, 5.41) is 2.55. The Morgan fingerprint density at radius 1 is 1.11 bits per heavy atom. The normalized spacial score (nSPS) is 10.6. The van der Waals surface area contributed by atoms with Crippen molar-refractivity contribution in [1.29, 1.82) is 0 Å². The number of anilines is 1. The maximum absolute atomic E-state index is 13.5. The molecule has 0 saturated carbocycles. The molecule has 0 atom stereocenters. The molecule has 0 aromatic heterocycles. The zero-order valence-electron chi connectivity index (χ0n) is 10.6. The number of halogens is 1. The molecule has 3 heteroatoms. The Hall–Kier alpha value is -2.42. The van der Waals surface area contributed by atoms with E-state index < -0.39 is 5.82 Å². The first-order chi connectivity index (χ1) is 9.16. The van der Waals surface area contributed by atoms with Crippen molar-refractivity contribution in [2.75, 3.05) is 5.32 Å². The highest BCUT2D eigenvalue weighted by Crippen LogP contribution is 2.18. The Balaban J connectivity index is 2.08. The third-order valence-electron chi connectivity index (χ3n) is 2.70. The summed E-state index contributed by atoms with van der Waals surface area (Å²) in [6.45, 7) is 1.75. The van der Waals surface area contributed by atoms with Crippen LogP contribution in [0.1, 0.15) is 11.1 Å². The van der Waals surface area contributed by atoms with Crippen LogP contribution in [0.25, 0.3) is 6.08 Å². The van der Waals surface area contributed by atoms with Crippen molar-refractivity contribution in [3.63, 3.8) is 0 Å². The molecular formula is C16H14FNO. The van der Waals surface area contributed by atoms with Crippen LogP contribution in [-0.2, 0) is 4.79 Å². The van der Waals surface area contributed by atoms with Crippen LogP contribution in [0.3, 0.4) is 0 Å². The Morgan fingerprint density at radius 3 is 2.53 bits per heavy atom. The summed E-state index contributed by atoms with van der Waals surface area (Å²) >= 11 is 0. The van der Waals surface area contributed by atoms with Crippen molar-refractivity contribution in [1.82, 2.24) is 0 Å². The van der Waals surface area contributed by atoms with E-state index >= 15 is 0 Å². The predicted molar refractivity (Wildman–Crippen MR) is 75.2 cm³/mol. The summed E-state index contributed by atoms with van der Waals surface area (Å²) in [5.74, 6) is -0.779. The van der Waals surface area contributed by atoms with Crippen LogP contribution in [0.5, 0.6) is 0 Å². The third kappa shape index (κ3) is 3.52. The lowest BCUT2D eigenvalue weighted by Gasteiger charge is -2.07. The largest absolute Gasteiger partial charge is 0.320 e. The summed E-state index contributed by atoms with van der Waals surface area (Å²) in [6, 6.07) is 14.1. The topological polar surface area (TPSA) is 29.1 Å². The maximum Gasteiger partial charge on any atom is 0.248 e. The lowest BCUT2D eigenvalue weighted by Crippen LogP contribution is -2.10. The van der Waals surface area contributed by atoms with E-state index in [0.29, 0.717) is 5.56 Å². The summed E-state index contributed by atoms with van der Waals surface area (Å²) in [7, 11) is 0. The van der Waals surface area contributed by atoms with Crippen LogP contribution < -0.4 is 5.32 Å². The number of carbonyl (C=O) groups excluding carboxylic acids is 1. The van der Waals surface area contributed by atoms with E-state index in [2.05, 4.69) is 5.32 Å². The molecule has 0 aliphatic heterocycles. The quantitative estimate of drug-likeness (QED) is 0.831. The minimum absolute atomic E-state index is 0.227. The summed E-state index contributed by atoms with van der Waals surface area (Å²) in [6.07, 6.45) is 3.08. The van der Waals surface area contributed by atoms with E-state index in [9.17, 15) is 9.18 Å². The number of aryl methyl sites for hydroxylation is 1. The van der Waals surface area contributed by atoms with E-state index in [1.54, 1.807) is 25.1 Å². The molecule has 1 amide bonds. The summed E-state index contributed by atoms with van der Waals surface area (Å²) in [4.78, 5) is 11.7. The molecule has 0 spiro atoms. The first kappa shape index (κ1) is 13.0. The fourth-order valence-corrected chi connectivity index (χ4v) is 1.69. The van der Waals surface area contributed by atoms with E-state index in [-0.39, 0.29) is 11.6 Å². The molecule has 1 N–H and O–H groups in total. The first-order valence-corrected chi connectivity index (χ1v) is 5.96. The molecule has 2 nitrogen and oxygen atoms in total. The van der Waals surface area contributed by atoms with Gasteiger partial charge in [-0.3, -0.25) is 4.79 Å². The molecule has 0 radical (unpaired) electrons. The zero-order chi connectivity index (χ0) is 13.7. The van der Waals surface area contributed by atoms with Gasteiger partial charge in [-0.1, -0.05) is 42.5 Å². The average molecular weight is 255 g/mol. The molecule has 0 heterocycles. The number of hydrogen-bond donors (Lipinski definition) is 1. The Kier molecular flexibility index (Phi) is 4.08. The van der Waals surface area contributed by atoms with Gasteiger partial charge in [0.05, 0.1) is 5.69 Å². The molecule has 0 fully saturated rings. The van der Waals surface area contributed by atoms with Gasteiger partial charge in [-0.2, -0.15) is 0 Å². The Bertz CT molecular complexity index is 585. The molecule has 0 unspecified atom stereocenters. The highest BCUT2D eigenvalue weighted by molar-refractivity contribution is 6.02. The molecular weight excluding hydrogens is 241 g/mol. The molecule has 0 aliphatic carbocycles. The van der Waals surface area contributed by atoms with Gasteiger partial charge in [0.1, 0.15) is 5.82 Å². The van der Waals surface area contributed by atoms with Gasteiger partial charge in [0.25, 0.3) is 0 Å². The van der Waals surface area contributed by atoms with Crippen LogP contribution in [-0.4, -0.2) is 5.91 Å². The van der Waals surface area contributed by atoms with Gasteiger partial charge in [0, 0.05) is 6.08 Å². The van der Waals surface area contributed by atoms with Crippen LogP contribution in [0.4, 0.5) is 10.1 Å². The monoisotopic (exact) mass is 255 g/mol. The SMILES string of the molecule is Cc1cccc(F)c1NC(=O)C=Cc1ccccc1. The molecule has 96 valence electrons. The van der Waals surface area contributed by atoms with Crippen LogP contribution in [0, 0.1) is 12.7 Å². The lowest BCUT2D eigenvalue weighted by molar-refractivity contribution is -0.111. The van der Waals surface area contributed by atoms with Gasteiger partial charge in [0.15, 0.2) is 0 Å². The van der Waals surface area contributed by atoms with E-state index in [0.717, 1.165) is 5.56 Å². The van der Waals surface area contributed by atoms with Crippen molar-refractivity contribution in [2.45, 2.75) is 6.92 Å². The second-order valence-electron chi connectivity index (χ2n) is 4.17. The summed E-state index contributed by atoms with van der Waals surface area (Å²) < 4.78 is 13.5. The molecule has 2 aromatic rings. The number of para-hydroxylation sites is 1. The standard InChI is InChI=1S/C16H14FNO/c1-12-6-5-9-14(17)16(12)18-15(19)11-10-13-7-3-2-4-8-13/h2-11H,1H3,(H,18,19). The van der Waals surface area contributed by atoms with Crippen molar-refractivity contribution in [2.24, 2.45) is 0 Å².